The fourth-order valence-electron chi connectivity index (χ4n) is 0. The van der Waals surface area contributed by atoms with Crippen LogP contribution in [0.5, 0.6) is 0 Å². The third-order valence-corrected chi connectivity index (χ3v) is 0.877. The molecule has 0 aliphatic rings. The number of alkyl halides is 3. The van der Waals surface area contributed by atoms with Crippen LogP contribution in [0.3, 0.4) is 0 Å². The molecule has 52 valence electrons. The molecule has 0 bridgehead atoms. The minimum absolute atomic E-state index is 0. The zero-order chi connectivity index (χ0) is 7.00. The molecule has 3 nitrogen and oxygen atoms in total. The van der Waals surface area contributed by atoms with Gasteiger partial charge in [0, 0.05) is 0 Å². The second-order valence-electron chi connectivity index (χ2n) is 0.921. The Kier molecular flexibility index (Phi) is 5.26. The topological polar surface area (TPSA) is 54.4 Å². The second-order valence-corrected chi connectivity index (χ2v) is 2.33. The third-order valence-electron chi connectivity index (χ3n) is 0.292. The Bertz CT molecular complexity index is 168. The van der Waals surface area contributed by atoms with Gasteiger partial charge in [-0.2, -0.15) is 21.6 Å². The first-order chi connectivity index (χ1) is 3.25. The molecule has 0 aliphatic carbocycles. The van der Waals surface area contributed by atoms with Gasteiger partial charge in [0.2, 0.25) is 0 Å². The van der Waals surface area contributed by atoms with Crippen LogP contribution >= 0.6 is 0 Å². The van der Waals surface area contributed by atoms with Crippen molar-refractivity contribution >= 4 is 61.5 Å². The Morgan fingerprint density at radius 1 is 1.22 bits per heavy atom. The molecule has 0 radical (unpaired) electrons. The SMILES string of the molecule is O=S(=O)(O)C(F)(F)F.[KH]. The molecule has 8 heteroatoms. The maximum atomic E-state index is 10.7. The van der Waals surface area contributed by atoms with E-state index in [-0.39, 0.29) is 51.4 Å². The van der Waals surface area contributed by atoms with E-state index >= 15 is 0 Å². The van der Waals surface area contributed by atoms with Crippen LogP contribution in [-0.4, -0.2) is 69.9 Å². The van der Waals surface area contributed by atoms with E-state index in [0.29, 0.717) is 0 Å². The van der Waals surface area contributed by atoms with Gasteiger partial charge in [0.05, 0.1) is 0 Å². The molecule has 1 N–H and O–H groups in total. The summed E-state index contributed by atoms with van der Waals surface area (Å²) in [5.74, 6) is 0. The molecule has 0 saturated carbocycles. The van der Waals surface area contributed by atoms with Gasteiger partial charge in [-0.15, -0.1) is 0 Å². The molecule has 0 aromatic carbocycles. The van der Waals surface area contributed by atoms with Gasteiger partial charge in [-0.25, -0.2) is 0 Å². The van der Waals surface area contributed by atoms with Gasteiger partial charge in [-0.3, -0.25) is 4.55 Å². The van der Waals surface area contributed by atoms with Crippen LogP contribution in [0.2, 0.25) is 0 Å². The van der Waals surface area contributed by atoms with E-state index in [9.17, 15) is 13.2 Å². The van der Waals surface area contributed by atoms with Crippen LogP contribution in [0.1, 0.15) is 0 Å². The van der Waals surface area contributed by atoms with E-state index in [1.165, 1.54) is 0 Å². The molecule has 0 saturated heterocycles. The number of rotatable bonds is 0. The molecule has 0 rings (SSSR count). The fourth-order valence-corrected chi connectivity index (χ4v) is 0. The Morgan fingerprint density at radius 2 is 1.33 bits per heavy atom. The van der Waals surface area contributed by atoms with E-state index in [1.54, 1.807) is 0 Å². The van der Waals surface area contributed by atoms with E-state index in [2.05, 4.69) is 0 Å². The molecule has 0 aliphatic heterocycles. The molecule has 0 aromatic heterocycles. The van der Waals surface area contributed by atoms with Crippen molar-refractivity contribution in [3.8, 4) is 0 Å². The first kappa shape index (κ1) is 13.0. The molecule has 0 heterocycles. The fraction of sp³-hybridized carbons (Fsp3) is 1.00. The number of hydrogen-bond donors (Lipinski definition) is 1. The van der Waals surface area contributed by atoms with Gasteiger partial charge < -0.3 is 0 Å². The van der Waals surface area contributed by atoms with Gasteiger partial charge in [0.1, 0.15) is 0 Å². The molecule has 0 atom stereocenters. The second kappa shape index (κ2) is 3.65. The molecular weight excluding hydrogens is 188 g/mol. The average Bonchev–Trinajstić information content (AvgIpc) is 1.25. The predicted molar refractivity (Wildman–Crippen MR) is 24.8 cm³/mol. The molecule has 9 heavy (non-hydrogen) atoms. The van der Waals surface area contributed by atoms with Crippen LogP contribution in [0.15, 0.2) is 0 Å². The van der Waals surface area contributed by atoms with E-state index < -0.39 is 15.6 Å². The summed E-state index contributed by atoms with van der Waals surface area (Å²) in [4.78, 5) is 0. The number of halogens is 3. The van der Waals surface area contributed by atoms with Crippen molar-refractivity contribution in [2.45, 2.75) is 5.51 Å². The maximum absolute atomic E-state index is 10.7. The molecule has 0 amide bonds. The Morgan fingerprint density at radius 3 is 1.33 bits per heavy atom. The minimum atomic E-state index is -5.84. The van der Waals surface area contributed by atoms with Gasteiger partial charge >= 0.3 is 67.0 Å². The van der Waals surface area contributed by atoms with Crippen LogP contribution in [0.4, 0.5) is 13.2 Å². The summed E-state index contributed by atoms with van der Waals surface area (Å²) >= 11 is 0. The molecular formula is CH2F3KO3S. The number of hydrogen-bond acceptors (Lipinski definition) is 2. The van der Waals surface area contributed by atoms with Crippen LogP contribution in [-0.2, 0) is 10.1 Å². The summed E-state index contributed by atoms with van der Waals surface area (Å²) in [6, 6.07) is 0. The van der Waals surface area contributed by atoms with E-state index in [1.807, 2.05) is 0 Å². The summed E-state index contributed by atoms with van der Waals surface area (Å²) in [7, 11) is -5.84. The summed E-state index contributed by atoms with van der Waals surface area (Å²) < 4.78 is 57.5. The van der Waals surface area contributed by atoms with Gasteiger partial charge in [0.25, 0.3) is 0 Å². The predicted octanol–water partition coefficient (Wildman–Crippen LogP) is -0.254. The average molecular weight is 190 g/mol. The van der Waals surface area contributed by atoms with Crippen LogP contribution < -0.4 is 0 Å². The van der Waals surface area contributed by atoms with Crippen molar-refractivity contribution in [2.75, 3.05) is 0 Å². The Hall–Kier alpha value is 1.34. The van der Waals surface area contributed by atoms with Gasteiger partial charge in [0.15, 0.2) is 0 Å². The van der Waals surface area contributed by atoms with Crippen molar-refractivity contribution in [1.29, 1.82) is 0 Å². The Labute approximate surface area is 91.8 Å². The summed E-state index contributed by atoms with van der Waals surface area (Å²) in [6.07, 6.45) is 0. The summed E-state index contributed by atoms with van der Waals surface area (Å²) in [5.41, 5.74) is -5.53. The van der Waals surface area contributed by atoms with E-state index in [4.69, 9.17) is 13.0 Å². The van der Waals surface area contributed by atoms with Crippen LogP contribution in [0, 0.1) is 0 Å². The first-order valence-corrected chi connectivity index (χ1v) is 2.73. The molecule has 0 spiro atoms. The molecule has 0 unspecified atom stereocenters. The van der Waals surface area contributed by atoms with Crippen molar-refractivity contribution < 1.29 is 26.1 Å². The third kappa shape index (κ3) is 4.70. The van der Waals surface area contributed by atoms with Crippen LogP contribution in [0.25, 0.3) is 0 Å². The van der Waals surface area contributed by atoms with Gasteiger partial charge in [-0.05, 0) is 0 Å². The summed E-state index contributed by atoms with van der Waals surface area (Å²) in [6.45, 7) is 0. The monoisotopic (exact) mass is 190 g/mol. The quantitative estimate of drug-likeness (QED) is 0.325. The van der Waals surface area contributed by atoms with Gasteiger partial charge in [-0.1, -0.05) is 0 Å². The van der Waals surface area contributed by atoms with Crippen molar-refractivity contribution in [3.05, 3.63) is 0 Å². The Balaban J connectivity index is 0. The summed E-state index contributed by atoms with van der Waals surface area (Å²) in [5, 5.41) is 0. The molecule has 0 aromatic rings. The zero-order valence-electron chi connectivity index (χ0n) is 3.31. The molecule has 0 fully saturated rings. The van der Waals surface area contributed by atoms with E-state index in [0.717, 1.165) is 0 Å². The first-order valence-electron chi connectivity index (χ1n) is 1.29. The van der Waals surface area contributed by atoms with Crippen molar-refractivity contribution in [2.24, 2.45) is 0 Å². The van der Waals surface area contributed by atoms with Crippen molar-refractivity contribution in [3.63, 3.8) is 0 Å². The standard InChI is InChI=1S/CHF3O3S.K.H/c2-1(3,4)8(5,6)7;;/h(H,5,6,7);;. The zero-order valence-corrected chi connectivity index (χ0v) is 4.12. The van der Waals surface area contributed by atoms with Crippen molar-refractivity contribution in [1.82, 2.24) is 0 Å². The normalized spacial score (nSPS) is 12.4.